The Morgan fingerprint density at radius 3 is 2.68 bits per heavy atom. The molecule has 7 heteroatoms. The standard InChI is InChI=1S/C24H28N2O5/c1-24(17-10-12-19(30-2)13-11-17)22(28)26(23(29)25-24)14-18(27)15-31-21-9-5-7-16-6-3-4-8-20(16)21/h3-4,6,8,10-13,18,21,27H,5,7,9,14-15H2,1-2H3,(H,25,29)/t18-,21+,24-/m0/s1. The van der Waals surface area contributed by atoms with Crippen molar-refractivity contribution in [2.45, 2.75) is 43.9 Å². The average molecular weight is 424 g/mol. The number of fused-ring (bicyclic) bond motifs is 1. The van der Waals surface area contributed by atoms with Crippen molar-refractivity contribution in [3.8, 4) is 5.75 Å². The zero-order valence-corrected chi connectivity index (χ0v) is 17.8. The summed E-state index contributed by atoms with van der Waals surface area (Å²) in [7, 11) is 1.57. The second kappa shape index (κ2) is 8.69. The van der Waals surface area contributed by atoms with Crippen LogP contribution in [0.4, 0.5) is 4.79 Å². The van der Waals surface area contributed by atoms with E-state index in [4.69, 9.17) is 9.47 Å². The molecule has 2 aromatic rings. The molecule has 3 amide bonds. The van der Waals surface area contributed by atoms with Gasteiger partial charge in [0.2, 0.25) is 0 Å². The maximum atomic E-state index is 13.1. The van der Waals surface area contributed by atoms with Gasteiger partial charge in [0.1, 0.15) is 11.3 Å². The fourth-order valence-corrected chi connectivity index (χ4v) is 4.36. The Morgan fingerprint density at radius 2 is 1.94 bits per heavy atom. The monoisotopic (exact) mass is 424 g/mol. The molecule has 1 heterocycles. The van der Waals surface area contributed by atoms with Gasteiger partial charge in [0.15, 0.2) is 0 Å². The van der Waals surface area contributed by atoms with Crippen molar-refractivity contribution in [1.82, 2.24) is 10.2 Å². The number of carbonyl (C=O) groups is 2. The molecule has 0 aromatic heterocycles. The number of hydrogen-bond acceptors (Lipinski definition) is 5. The van der Waals surface area contributed by atoms with Gasteiger partial charge in [0.25, 0.3) is 5.91 Å². The van der Waals surface area contributed by atoms with Crippen molar-refractivity contribution in [1.29, 1.82) is 0 Å². The number of nitrogens with zero attached hydrogens (tertiary/aromatic N) is 1. The highest BCUT2D eigenvalue weighted by Crippen LogP contribution is 2.33. The summed E-state index contributed by atoms with van der Waals surface area (Å²) >= 11 is 0. The van der Waals surface area contributed by atoms with Crippen molar-refractivity contribution >= 4 is 11.9 Å². The number of aliphatic hydroxyl groups excluding tert-OH is 1. The van der Waals surface area contributed by atoms with Crippen molar-refractivity contribution in [2.24, 2.45) is 0 Å². The molecule has 0 saturated carbocycles. The fraction of sp³-hybridized carbons (Fsp3) is 0.417. The van der Waals surface area contributed by atoms with E-state index in [2.05, 4.69) is 17.4 Å². The number of urea groups is 1. The Kier molecular flexibility index (Phi) is 5.98. The summed E-state index contributed by atoms with van der Waals surface area (Å²) < 4.78 is 11.1. The van der Waals surface area contributed by atoms with E-state index >= 15 is 0 Å². The molecule has 0 unspecified atom stereocenters. The van der Waals surface area contributed by atoms with E-state index in [1.165, 1.54) is 5.56 Å². The number of hydrogen-bond donors (Lipinski definition) is 2. The van der Waals surface area contributed by atoms with Crippen LogP contribution in [0.15, 0.2) is 48.5 Å². The average Bonchev–Trinajstić information content (AvgIpc) is 3.01. The first kappa shape index (κ1) is 21.3. The molecule has 2 N–H and O–H groups in total. The van der Waals surface area contributed by atoms with Crippen LogP contribution in [0.2, 0.25) is 0 Å². The number of ether oxygens (including phenoxy) is 2. The van der Waals surface area contributed by atoms with Crippen molar-refractivity contribution < 1.29 is 24.2 Å². The Labute approximate surface area is 182 Å². The molecule has 2 aromatic carbocycles. The van der Waals surface area contributed by atoms with Crippen LogP contribution < -0.4 is 10.1 Å². The summed E-state index contributed by atoms with van der Waals surface area (Å²) in [5, 5.41) is 13.3. The lowest BCUT2D eigenvalue weighted by Crippen LogP contribution is -2.42. The van der Waals surface area contributed by atoms with Gasteiger partial charge >= 0.3 is 6.03 Å². The van der Waals surface area contributed by atoms with Crippen LogP contribution in [0, 0.1) is 0 Å². The molecule has 4 rings (SSSR count). The van der Waals surface area contributed by atoms with Crippen LogP contribution in [0.5, 0.6) is 5.75 Å². The predicted molar refractivity (Wildman–Crippen MR) is 115 cm³/mol. The summed E-state index contributed by atoms with van der Waals surface area (Å²) in [6, 6.07) is 14.6. The number of carbonyl (C=O) groups excluding carboxylic acids is 2. The number of benzene rings is 2. The van der Waals surface area contributed by atoms with E-state index < -0.39 is 23.6 Å². The van der Waals surface area contributed by atoms with Crippen LogP contribution in [0.1, 0.15) is 42.6 Å². The molecular formula is C24H28N2O5. The second-order valence-electron chi connectivity index (χ2n) is 8.27. The van der Waals surface area contributed by atoms with Crippen molar-refractivity contribution in [3.05, 3.63) is 65.2 Å². The number of imide groups is 1. The van der Waals surface area contributed by atoms with E-state index in [1.54, 1.807) is 38.3 Å². The predicted octanol–water partition coefficient (Wildman–Crippen LogP) is 2.92. The van der Waals surface area contributed by atoms with E-state index in [0.29, 0.717) is 11.3 Å². The number of rotatable bonds is 7. The SMILES string of the molecule is COc1ccc([C@]2(C)NC(=O)N(C[C@H](O)CO[C@@H]3CCCc4ccccc43)C2=O)cc1. The van der Waals surface area contributed by atoms with Crippen molar-refractivity contribution in [3.63, 3.8) is 0 Å². The molecule has 0 spiro atoms. The smallest absolute Gasteiger partial charge is 0.325 e. The second-order valence-corrected chi connectivity index (χ2v) is 8.27. The minimum absolute atomic E-state index is 0.0509. The third-order valence-electron chi connectivity index (χ3n) is 6.14. The number of β-amino-alcohol motifs (C(OH)–C–C–N with tert-alkyl or cyclic N) is 1. The number of aliphatic hydroxyl groups is 1. The van der Waals surface area contributed by atoms with E-state index in [-0.39, 0.29) is 19.3 Å². The summed E-state index contributed by atoms with van der Waals surface area (Å²) in [6.45, 7) is 1.59. The molecule has 3 atom stereocenters. The lowest BCUT2D eigenvalue weighted by molar-refractivity contribution is -0.132. The lowest BCUT2D eigenvalue weighted by Gasteiger charge is -2.27. The Bertz CT molecular complexity index is 961. The minimum Gasteiger partial charge on any atom is -0.497 e. The number of methoxy groups -OCH3 is 1. The van der Waals surface area contributed by atoms with Gasteiger partial charge in [-0.25, -0.2) is 4.79 Å². The molecule has 31 heavy (non-hydrogen) atoms. The van der Waals surface area contributed by atoms with Crippen LogP contribution >= 0.6 is 0 Å². The zero-order chi connectivity index (χ0) is 22.0. The van der Waals surface area contributed by atoms with Crippen LogP contribution in [0.25, 0.3) is 0 Å². The number of nitrogens with one attached hydrogen (secondary N) is 1. The maximum Gasteiger partial charge on any atom is 0.325 e. The third kappa shape index (κ3) is 4.16. The molecule has 7 nitrogen and oxygen atoms in total. The largest absolute Gasteiger partial charge is 0.497 e. The van der Waals surface area contributed by atoms with Gasteiger partial charge in [-0.1, -0.05) is 36.4 Å². The first-order chi connectivity index (χ1) is 14.9. The van der Waals surface area contributed by atoms with Gasteiger partial charge in [-0.3, -0.25) is 9.69 Å². The lowest BCUT2D eigenvalue weighted by atomic mass is 9.89. The van der Waals surface area contributed by atoms with Gasteiger partial charge in [-0.2, -0.15) is 0 Å². The molecule has 2 aliphatic rings. The van der Waals surface area contributed by atoms with Gasteiger partial charge in [-0.05, 0) is 55.0 Å². The van der Waals surface area contributed by atoms with E-state index in [0.717, 1.165) is 29.7 Å². The summed E-state index contributed by atoms with van der Waals surface area (Å²) in [6.07, 6.45) is 1.91. The molecular weight excluding hydrogens is 396 g/mol. The van der Waals surface area contributed by atoms with E-state index in [1.807, 2.05) is 12.1 Å². The molecule has 1 aliphatic heterocycles. The minimum atomic E-state index is -1.19. The highest BCUT2D eigenvalue weighted by Gasteiger charge is 2.49. The Morgan fingerprint density at radius 1 is 1.19 bits per heavy atom. The molecule has 1 fully saturated rings. The first-order valence-electron chi connectivity index (χ1n) is 10.6. The highest BCUT2D eigenvalue weighted by molar-refractivity contribution is 6.07. The third-order valence-corrected chi connectivity index (χ3v) is 6.14. The van der Waals surface area contributed by atoms with Gasteiger partial charge < -0.3 is 19.9 Å². The fourth-order valence-electron chi connectivity index (χ4n) is 4.36. The van der Waals surface area contributed by atoms with Crippen LogP contribution in [0.3, 0.4) is 0 Å². The Hall–Kier alpha value is -2.90. The molecule has 1 aliphatic carbocycles. The maximum absolute atomic E-state index is 13.1. The number of aryl methyl sites for hydroxylation is 1. The van der Waals surface area contributed by atoms with Gasteiger partial charge in [0.05, 0.1) is 32.5 Å². The van der Waals surface area contributed by atoms with Crippen LogP contribution in [-0.4, -0.2) is 48.3 Å². The molecule has 1 saturated heterocycles. The number of amides is 3. The molecule has 0 radical (unpaired) electrons. The quantitative estimate of drug-likeness (QED) is 0.668. The zero-order valence-electron chi connectivity index (χ0n) is 17.8. The van der Waals surface area contributed by atoms with Gasteiger partial charge in [-0.15, -0.1) is 0 Å². The highest BCUT2D eigenvalue weighted by atomic mass is 16.5. The normalized spacial score (nSPS) is 24.0. The van der Waals surface area contributed by atoms with Gasteiger partial charge in [0, 0.05) is 0 Å². The summed E-state index contributed by atoms with van der Waals surface area (Å²) in [5.41, 5.74) is 1.89. The summed E-state index contributed by atoms with van der Waals surface area (Å²) in [4.78, 5) is 26.6. The molecule has 164 valence electrons. The summed E-state index contributed by atoms with van der Waals surface area (Å²) in [5.74, 6) is 0.266. The topological polar surface area (TPSA) is 88.1 Å². The van der Waals surface area contributed by atoms with E-state index in [9.17, 15) is 14.7 Å². The molecule has 0 bridgehead atoms. The van der Waals surface area contributed by atoms with Crippen LogP contribution in [-0.2, 0) is 21.5 Å². The van der Waals surface area contributed by atoms with Crippen molar-refractivity contribution in [2.75, 3.05) is 20.3 Å². The first-order valence-corrected chi connectivity index (χ1v) is 10.6. The Balaban J connectivity index is 1.39.